The van der Waals surface area contributed by atoms with Gasteiger partial charge in [0, 0.05) is 15.1 Å². The molecule has 2 N–H and O–H groups in total. The van der Waals surface area contributed by atoms with Gasteiger partial charge in [0.25, 0.3) is 5.91 Å². The molecule has 0 heterocycles. The molecule has 0 aliphatic heterocycles. The van der Waals surface area contributed by atoms with Gasteiger partial charge < -0.3 is 10.4 Å². The standard InChI is InChI=1S/C13H15ClINO3/c1-8(13(18)19)3-2-6-16-12(17)10-7-9(14)4-5-11(10)15/h4-5,7-8H,2-3,6H2,1H3,(H,16,17)(H,18,19). The molecular formula is C13H15ClINO3. The number of carbonyl (C=O) groups is 2. The molecule has 1 atom stereocenters. The predicted molar refractivity (Wildman–Crippen MR) is 82.5 cm³/mol. The number of hydrogen-bond donors (Lipinski definition) is 2. The first kappa shape index (κ1) is 16.2. The lowest BCUT2D eigenvalue weighted by Crippen LogP contribution is -2.26. The summed E-state index contributed by atoms with van der Waals surface area (Å²) in [6, 6.07) is 5.14. The van der Waals surface area contributed by atoms with Crippen LogP contribution in [0, 0.1) is 9.49 Å². The lowest BCUT2D eigenvalue weighted by Gasteiger charge is -2.09. The molecule has 1 aromatic rings. The zero-order chi connectivity index (χ0) is 14.4. The van der Waals surface area contributed by atoms with E-state index in [0.717, 1.165) is 3.57 Å². The van der Waals surface area contributed by atoms with Crippen molar-refractivity contribution < 1.29 is 14.7 Å². The van der Waals surface area contributed by atoms with Crippen LogP contribution < -0.4 is 5.32 Å². The molecule has 0 spiro atoms. The maximum atomic E-state index is 11.9. The van der Waals surface area contributed by atoms with Gasteiger partial charge >= 0.3 is 5.97 Å². The summed E-state index contributed by atoms with van der Waals surface area (Å²) in [5, 5.41) is 12.0. The second-order valence-corrected chi connectivity index (χ2v) is 5.86. The van der Waals surface area contributed by atoms with Gasteiger partial charge in [0.1, 0.15) is 0 Å². The highest BCUT2D eigenvalue weighted by Gasteiger charge is 2.12. The van der Waals surface area contributed by atoms with Gasteiger partial charge in [-0.05, 0) is 53.6 Å². The third-order valence-corrected chi connectivity index (χ3v) is 3.87. The van der Waals surface area contributed by atoms with Gasteiger partial charge in [-0.2, -0.15) is 0 Å². The van der Waals surface area contributed by atoms with Crippen molar-refractivity contribution in [2.45, 2.75) is 19.8 Å². The molecule has 1 aromatic carbocycles. The van der Waals surface area contributed by atoms with E-state index in [1.165, 1.54) is 0 Å². The van der Waals surface area contributed by atoms with Crippen molar-refractivity contribution in [3.63, 3.8) is 0 Å². The highest BCUT2D eigenvalue weighted by molar-refractivity contribution is 14.1. The molecule has 104 valence electrons. The van der Waals surface area contributed by atoms with E-state index in [4.69, 9.17) is 16.7 Å². The van der Waals surface area contributed by atoms with E-state index in [1.807, 2.05) is 0 Å². The third kappa shape index (κ3) is 5.36. The lowest BCUT2D eigenvalue weighted by atomic mass is 10.1. The summed E-state index contributed by atoms with van der Waals surface area (Å²) >= 11 is 7.93. The van der Waals surface area contributed by atoms with Gasteiger partial charge in [0.2, 0.25) is 0 Å². The first-order valence-corrected chi connectivity index (χ1v) is 7.33. The summed E-state index contributed by atoms with van der Waals surface area (Å²) in [5.74, 6) is -1.38. The van der Waals surface area contributed by atoms with Crippen molar-refractivity contribution in [1.29, 1.82) is 0 Å². The monoisotopic (exact) mass is 395 g/mol. The van der Waals surface area contributed by atoms with Crippen LogP contribution in [0.4, 0.5) is 0 Å². The molecular weight excluding hydrogens is 381 g/mol. The zero-order valence-electron chi connectivity index (χ0n) is 10.5. The minimum Gasteiger partial charge on any atom is -0.481 e. The maximum absolute atomic E-state index is 11.9. The van der Waals surface area contributed by atoms with Gasteiger partial charge in [-0.1, -0.05) is 18.5 Å². The number of amides is 1. The Morgan fingerprint density at radius 2 is 2.16 bits per heavy atom. The fraction of sp³-hybridized carbons (Fsp3) is 0.385. The first-order valence-electron chi connectivity index (χ1n) is 5.88. The molecule has 0 fully saturated rings. The van der Waals surface area contributed by atoms with Gasteiger partial charge in [0.15, 0.2) is 0 Å². The molecule has 0 saturated carbocycles. The zero-order valence-corrected chi connectivity index (χ0v) is 13.4. The van der Waals surface area contributed by atoms with Crippen LogP contribution in [0.1, 0.15) is 30.1 Å². The fourth-order valence-corrected chi connectivity index (χ4v) is 2.25. The van der Waals surface area contributed by atoms with Crippen molar-refractivity contribution in [1.82, 2.24) is 5.32 Å². The van der Waals surface area contributed by atoms with Crippen LogP contribution in [-0.4, -0.2) is 23.5 Å². The minimum atomic E-state index is -0.810. The van der Waals surface area contributed by atoms with Crippen LogP contribution in [0.5, 0.6) is 0 Å². The Labute approximate surface area is 130 Å². The average molecular weight is 396 g/mol. The topological polar surface area (TPSA) is 66.4 Å². The highest BCUT2D eigenvalue weighted by Crippen LogP contribution is 2.17. The molecule has 4 nitrogen and oxygen atoms in total. The minimum absolute atomic E-state index is 0.185. The van der Waals surface area contributed by atoms with Gasteiger partial charge in [-0.15, -0.1) is 0 Å². The first-order chi connectivity index (χ1) is 8.91. The number of carbonyl (C=O) groups excluding carboxylic acids is 1. The van der Waals surface area contributed by atoms with Crippen LogP contribution in [0.15, 0.2) is 18.2 Å². The third-order valence-electron chi connectivity index (χ3n) is 2.69. The lowest BCUT2D eigenvalue weighted by molar-refractivity contribution is -0.141. The Hall–Kier alpha value is -0.820. The number of rotatable bonds is 6. The van der Waals surface area contributed by atoms with E-state index in [9.17, 15) is 9.59 Å². The number of nitrogens with one attached hydrogen (secondary N) is 1. The molecule has 1 unspecified atom stereocenters. The summed E-state index contributed by atoms with van der Waals surface area (Å²) in [6.07, 6.45) is 1.18. The van der Waals surface area contributed by atoms with Crippen molar-refractivity contribution in [2.24, 2.45) is 5.92 Å². The molecule has 1 rings (SSSR count). The van der Waals surface area contributed by atoms with E-state index < -0.39 is 5.97 Å². The van der Waals surface area contributed by atoms with Crippen molar-refractivity contribution in [3.8, 4) is 0 Å². The van der Waals surface area contributed by atoms with Crippen molar-refractivity contribution in [3.05, 3.63) is 32.4 Å². The average Bonchev–Trinajstić information content (AvgIpc) is 2.36. The molecule has 0 aliphatic rings. The summed E-state index contributed by atoms with van der Waals surface area (Å²) in [4.78, 5) is 22.5. The van der Waals surface area contributed by atoms with Crippen molar-refractivity contribution in [2.75, 3.05) is 6.54 Å². The Balaban J connectivity index is 2.43. The smallest absolute Gasteiger partial charge is 0.306 e. The predicted octanol–water partition coefficient (Wildman–Crippen LogP) is 3.18. The Morgan fingerprint density at radius 1 is 1.47 bits per heavy atom. The molecule has 0 aliphatic carbocycles. The van der Waals surface area contributed by atoms with E-state index in [2.05, 4.69) is 27.9 Å². The van der Waals surface area contributed by atoms with Crippen LogP contribution in [-0.2, 0) is 4.79 Å². The van der Waals surface area contributed by atoms with Crippen LogP contribution in [0.25, 0.3) is 0 Å². The molecule has 1 amide bonds. The normalized spacial score (nSPS) is 11.9. The quantitative estimate of drug-likeness (QED) is 0.574. The van der Waals surface area contributed by atoms with Crippen LogP contribution in [0.3, 0.4) is 0 Å². The van der Waals surface area contributed by atoms with Gasteiger partial charge in [0.05, 0.1) is 11.5 Å². The maximum Gasteiger partial charge on any atom is 0.306 e. The van der Waals surface area contributed by atoms with E-state index >= 15 is 0 Å². The number of carboxylic acids is 1. The Kier molecular flexibility index (Phi) is 6.57. The largest absolute Gasteiger partial charge is 0.481 e. The second-order valence-electron chi connectivity index (χ2n) is 4.26. The number of hydrogen-bond acceptors (Lipinski definition) is 2. The number of benzene rings is 1. The highest BCUT2D eigenvalue weighted by atomic mass is 127. The Bertz CT molecular complexity index is 479. The SMILES string of the molecule is CC(CCCNC(=O)c1cc(Cl)ccc1I)C(=O)O. The van der Waals surface area contributed by atoms with Crippen molar-refractivity contribution >= 4 is 46.1 Å². The molecule has 0 aromatic heterocycles. The molecule has 0 radical (unpaired) electrons. The molecule has 19 heavy (non-hydrogen) atoms. The number of halogens is 2. The summed E-state index contributed by atoms with van der Waals surface area (Å²) in [5.41, 5.74) is 0.541. The summed E-state index contributed by atoms with van der Waals surface area (Å²) < 4.78 is 0.832. The second kappa shape index (κ2) is 7.69. The summed E-state index contributed by atoms with van der Waals surface area (Å²) in [6.45, 7) is 2.11. The molecule has 6 heteroatoms. The van der Waals surface area contributed by atoms with Crippen LogP contribution >= 0.6 is 34.2 Å². The van der Waals surface area contributed by atoms with Gasteiger partial charge in [-0.3, -0.25) is 9.59 Å². The number of carboxylic acid groups (broad SMARTS) is 1. The fourth-order valence-electron chi connectivity index (χ4n) is 1.50. The number of aliphatic carboxylic acids is 1. The molecule has 0 bridgehead atoms. The molecule has 0 saturated heterocycles. The Morgan fingerprint density at radius 3 is 2.79 bits per heavy atom. The summed E-state index contributed by atoms with van der Waals surface area (Å²) in [7, 11) is 0. The van der Waals surface area contributed by atoms with Crippen LogP contribution in [0.2, 0.25) is 5.02 Å². The van der Waals surface area contributed by atoms with E-state index in [1.54, 1.807) is 25.1 Å². The van der Waals surface area contributed by atoms with E-state index in [0.29, 0.717) is 30.0 Å². The van der Waals surface area contributed by atoms with Gasteiger partial charge in [-0.25, -0.2) is 0 Å². The van der Waals surface area contributed by atoms with E-state index in [-0.39, 0.29) is 11.8 Å².